The first-order chi connectivity index (χ1) is 9.13. The van der Waals surface area contributed by atoms with Crippen molar-refractivity contribution in [1.29, 1.82) is 0 Å². The van der Waals surface area contributed by atoms with Crippen LogP contribution in [0.3, 0.4) is 0 Å². The van der Waals surface area contributed by atoms with Crippen molar-refractivity contribution in [3.8, 4) is 5.75 Å². The fourth-order valence-electron chi connectivity index (χ4n) is 2.47. The Hall–Kier alpha value is -1.26. The van der Waals surface area contributed by atoms with Crippen molar-refractivity contribution in [2.45, 2.75) is 25.8 Å². The van der Waals surface area contributed by atoms with Crippen LogP contribution in [0.2, 0.25) is 0 Å². The van der Waals surface area contributed by atoms with Gasteiger partial charge in [-0.05, 0) is 31.5 Å². The van der Waals surface area contributed by atoms with E-state index in [9.17, 15) is 4.79 Å². The zero-order valence-electron chi connectivity index (χ0n) is 12.3. The third-order valence-electron chi connectivity index (χ3n) is 3.75. The summed E-state index contributed by atoms with van der Waals surface area (Å²) in [6.07, 6.45) is 0. The van der Waals surface area contributed by atoms with Gasteiger partial charge in [0, 0.05) is 25.7 Å². The van der Waals surface area contributed by atoms with Gasteiger partial charge in [-0.1, -0.05) is 12.1 Å². The number of methoxy groups -OCH3 is 1. The van der Waals surface area contributed by atoms with E-state index in [2.05, 4.69) is 12.2 Å². The first-order valence-electron chi connectivity index (χ1n) is 6.78. The molecule has 1 unspecified atom stereocenters. The molecule has 2 rings (SSSR count). The Bertz CT molecular complexity index is 453. The van der Waals surface area contributed by atoms with Crippen molar-refractivity contribution >= 4 is 18.3 Å². The highest BCUT2D eigenvalue weighted by Crippen LogP contribution is 2.23. The van der Waals surface area contributed by atoms with E-state index in [1.807, 2.05) is 36.1 Å². The van der Waals surface area contributed by atoms with Crippen LogP contribution in [0.4, 0.5) is 0 Å². The zero-order chi connectivity index (χ0) is 13.8. The van der Waals surface area contributed by atoms with Gasteiger partial charge < -0.3 is 15.0 Å². The molecule has 5 heteroatoms. The Balaban J connectivity index is 0.00000200. The predicted octanol–water partition coefficient (Wildman–Crippen LogP) is 2.04. The first-order valence-corrected chi connectivity index (χ1v) is 6.78. The molecule has 0 bridgehead atoms. The number of carbonyl (C=O) groups excluding carboxylic acids is 1. The van der Waals surface area contributed by atoms with Crippen LogP contribution in [0, 0.1) is 0 Å². The number of hydrogen-bond donors (Lipinski definition) is 1. The molecule has 1 fully saturated rings. The molecule has 1 N–H and O–H groups in total. The summed E-state index contributed by atoms with van der Waals surface area (Å²) in [5.74, 6) is 0.864. The van der Waals surface area contributed by atoms with Crippen LogP contribution in [0.25, 0.3) is 0 Å². The van der Waals surface area contributed by atoms with E-state index in [1.54, 1.807) is 7.11 Å². The lowest BCUT2D eigenvalue weighted by atomic mass is 9.98. The van der Waals surface area contributed by atoms with Crippen LogP contribution in [0.1, 0.15) is 25.3 Å². The van der Waals surface area contributed by atoms with Gasteiger partial charge in [-0.25, -0.2) is 0 Å². The summed E-state index contributed by atoms with van der Waals surface area (Å²) in [4.78, 5) is 14.5. The quantitative estimate of drug-likeness (QED) is 0.928. The SMILES string of the molecule is COc1cccc(C(C)C(=O)N2CCNC[C@@H]2C)c1.Cl. The Morgan fingerprint density at radius 3 is 2.90 bits per heavy atom. The predicted molar refractivity (Wildman–Crippen MR) is 82.7 cm³/mol. The van der Waals surface area contributed by atoms with Crippen LogP contribution < -0.4 is 10.1 Å². The van der Waals surface area contributed by atoms with Crippen molar-refractivity contribution in [1.82, 2.24) is 10.2 Å². The molecule has 0 aromatic heterocycles. The number of benzene rings is 1. The van der Waals surface area contributed by atoms with Crippen molar-refractivity contribution in [2.24, 2.45) is 0 Å². The lowest BCUT2D eigenvalue weighted by molar-refractivity contribution is -0.135. The second kappa shape index (κ2) is 7.50. The highest BCUT2D eigenvalue weighted by molar-refractivity contribution is 5.85. The molecule has 0 saturated carbocycles. The Kier molecular flexibility index (Phi) is 6.30. The van der Waals surface area contributed by atoms with Crippen molar-refractivity contribution in [3.05, 3.63) is 29.8 Å². The topological polar surface area (TPSA) is 41.6 Å². The third-order valence-corrected chi connectivity index (χ3v) is 3.75. The number of hydrogen-bond acceptors (Lipinski definition) is 3. The number of piperazine rings is 1. The van der Waals surface area contributed by atoms with Gasteiger partial charge in [-0.2, -0.15) is 0 Å². The number of halogens is 1. The molecule has 112 valence electrons. The highest BCUT2D eigenvalue weighted by atomic mass is 35.5. The van der Waals surface area contributed by atoms with E-state index in [4.69, 9.17) is 4.74 Å². The molecule has 1 amide bonds. The molecule has 1 aromatic carbocycles. The normalized spacial score (nSPS) is 19.9. The Morgan fingerprint density at radius 1 is 1.50 bits per heavy atom. The number of ether oxygens (including phenoxy) is 1. The molecule has 1 saturated heterocycles. The minimum absolute atomic E-state index is 0. The highest BCUT2D eigenvalue weighted by Gasteiger charge is 2.27. The van der Waals surface area contributed by atoms with Gasteiger partial charge in [-0.15, -0.1) is 12.4 Å². The van der Waals surface area contributed by atoms with Gasteiger partial charge >= 0.3 is 0 Å². The number of amides is 1. The van der Waals surface area contributed by atoms with Crippen LogP contribution >= 0.6 is 12.4 Å². The summed E-state index contributed by atoms with van der Waals surface area (Å²) in [6.45, 7) is 6.58. The molecule has 0 aliphatic carbocycles. The standard InChI is InChI=1S/C15H22N2O2.ClH/c1-11-10-16-7-8-17(11)15(18)12(2)13-5-4-6-14(9-13)19-3;/h4-6,9,11-12,16H,7-8,10H2,1-3H3;1H/t11-,12?;/m0./s1. The maximum absolute atomic E-state index is 12.6. The smallest absolute Gasteiger partial charge is 0.230 e. The minimum atomic E-state index is -0.129. The van der Waals surface area contributed by atoms with Crippen molar-refractivity contribution in [2.75, 3.05) is 26.7 Å². The summed E-state index contributed by atoms with van der Waals surface area (Å²) >= 11 is 0. The lowest BCUT2D eigenvalue weighted by Crippen LogP contribution is -2.53. The largest absolute Gasteiger partial charge is 0.497 e. The first kappa shape index (κ1) is 16.8. The molecule has 1 aliphatic heterocycles. The van der Waals surface area contributed by atoms with Crippen LogP contribution in [0.15, 0.2) is 24.3 Å². The van der Waals surface area contributed by atoms with Crippen molar-refractivity contribution in [3.63, 3.8) is 0 Å². The zero-order valence-corrected chi connectivity index (χ0v) is 13.1. The van der Waals surface area contributed by atoms with Crippen molar-refractivity contribution < 1.29 is 9.53 Å². The monoisotopic (exact) mass is 298 g/mol. The second-order valence-corrected chi connectivity index (χ2v) is 5.08. The summed E-state index contributed by atoms with van der Waals surface area (Å²) < 4.78 is 5.22. The van der Waals surface area contributed by atoms with Gasteiger partial charge in [0.25, 0.3) is 0 Å². The van der Waals surface area contributed by atoms with Gasteiger partial charge in [0.1, 0.15) is 5.75 Å². The lowest BCUT2D eigenvalue weighted by Gasteiger charge is -2.35. The van der Waals surface area contributed by atoms with Gasteiger partial charge in [-0.3, -0.25) is 4.79 Å². The molecule has 1 aliphatic rings. The molecule has 1 heterocycles. The molecule has 1 aromatic rings. The maximum atomic E-state index is 12.6. The van der Waals surface area contributed by atoms with Crippen LogP contribution in [-0.4, -0.2) is 43.6 Å². The third kappa shape index (κ3) is 3.64. The van der Waals surface area contributed by atoms with E-state index >= 15 is 0 Å². The maximum Gasteiger partial charge on any atom is 0.230 e. The average molecular weight is 299 g/mol. The Morgan fingerprint density at radius 2 is 2.25 bits per heavy atom. The summed E-state index contributed by atoms with van der Waals surface area (Å²) in [5, 5.41) is 3.30. The number of carbonyl (C=O) groups is 1. The van der Waals surface area contributed by atoms with E-state index in [1.165, 1.54) is 0 Å². The van der Waals surface area contributed by atoms with E-state index in [0.29, 0.717) is 0 Å². The number of rotatable bonds is 3. The van der Waals surface area contributed by atoms with Gasteiger partial charge in [0.05, 0.1) is 13.0 Å². The molecule has 2 atom stereocenters. The summed E-state index contributed by atoms with van der Waals surface area (Å²) in [6, 6.07) is 8.01. The molecule has 4 nitrogen and oxygen atoms in total. The Labute approximate surface area is 126 Å². The molecule has 20 heavy (non-hydrogen) atoms. The fourth-order valence-corrected chi connectivity index (χ4v) is 2.47. The summed E-state index contributed by atoms with van der Waals surface area (Å²) in [5.41, 5.74) is 1.01. The van der Waals surface area contributed by atoms with Crippen LogP contribution in [-0.2, 0) is 4.79 Å². The molecule has 0 radical (unpaired) electrons. The minimum Gasteiger partial charge on any atom is -0.497 e. The van der Waals surface area contributed by atoms with Gasteiger partial charge in [0.2, 0.25) is 5.91 Å². The van der Waals surface area contributed by atoms with Gasteiger partial charge in [0.15, 0.2) is 0 Å². The number of nitrogens with zero attached hydrogens (tertiary/aromatic N) is 1. The van der Waals surface area contributed by atoms with E-state index in [-0.39, 0.29) is 30.3 Å². The number of nitrogens with one attached hydrogen (secondary N) is 1. The summed E-state index contributed by atoms with van der Waals surface area (Å²) in [7, 11) is 1.64. The molecule has 0 spiro atoms. The second-order valence-electron chi connectivity index (χ2n) is 5.08. The fraction of sp³-hybridized carbons (Fsp3) is 0.533. The molecular formula is C15H23ClN2O2. The van der Waals surface area contributed by atoms with E-state index in [0.717, 1.165) is 30.9 Å². The van der Waals surface area contributed by atoms with Crippen LogP contribution in [0.5, 0.6) is 5.75 Å². The average Bonchev–Trinajstić information content (AvgIpc) is 2.46. The molecular weight excluding hydrogens is 276 g/mol. The van der Waals surface area contributed by atoms with E-state index < -0.39 is 0 Å².